The summed E-state index contributed by atoms with van der Waals surface area (Å²) in [5, 5.41) is 9.00. The largest absolute Gasteiger partial charge is 0.478 e. The van der Waals surface area contributed by atoms with Gasteiger partial charge < -0.3 is 10.0 Å². The van der Waals surface area contributed by atoms with Crippen molar-refractivity contribution < 1.29 is 9.90 Å². The van der Waals surface area contributed by atoms with Gasteiger partial charge in [-0.2, -0.15) is 0 Å². The van der Waals surface area contributed by atoms with Crippen LogP contribution in [0.25, 0.3) is 0 Å². The molecule has 0 atom stereocenters. The second-order valence-corrected chi connectivity index (χ2v) is 4.85. The minimum Gasteiger partial charge on any atom is -0.478 e. The van der Waals surface area contributed by atoms with Crippen molar-refractivity contribution in [1.29, 1.82) is 0 Å². The third-order valence-electron chi connectivity index (χ3n) is 3.17. The fraction of sp³-hybridized carbons (Fsp3) is 0.357. The number of carboxylic acid groups (broad SMARTS) is 1. The Hall–Kier alpha value is -1.48. The number of fused-ring (bicyclic) bond motifs is 1. The summed E-state index contributed by atoms with van der Waals surface area (Å²) in [7, 11) is 0. The number of carbonyl (C=O) groups is 1. The van der Waals surface area contributed by atoms with Crippen LogP contribution in [0.1, 0.15) is 29.3 Å². The van der Waals surface area contributed by atoms with E-state index in [1.807, 2.05) is 13.0 Å². The number of rotatable bonds is 3. The summed E-state index contributed by atoms with van der Waals surface area (Å²) < 4.78 is 0. The molecule has 4 heteroatoms. The second kappa shape index (κ2) is 5.44. The van der Waals surface area contributed by atoms with Crippen molar-refractivity contribution in [2.75, 3.05) is 18.0 Å². The predicted molar refractivity (Wildman–Crippen MR) is 73.5 cm³/mol. The molecule has 1 aliphatic rings. The number of halogens is 1. The number of aryl methyl sites for hydroxylation is 1. The van der Waals surface area contributed by atoms with Crippen molar-refractivity contribution in [3.8, 4) is 0 Å². The van der Waals surface area contributed by atoms with Gasteiger partial charge in [-0.3, -0.25) is 0 Å². The van der Waals surface area contributed by atoms with Crippen molar-refractivity contribution in [3.05, 3.63) is 40.4 Å². The molecule has 1 N–H and O–H groups in total. The Morgan fingerprint density at radius 2 is 2.33 bits per heavy atom. The molecule has 0 bridgehead atoms. The highest BCUT2D eigenvalue weighted by atomic mass is 35.5. The van der Waals surface area contributed by atoms with Gasteiger partial charge >= 0.3 is 5.97 Å². The third-order valence-corrected chi connectivity index (χ3v) is 3.54. The Labute approximate surface area is 112 Å². The molecule has 18 heavy (non-hydrogen) atoms. The van der Waals surface area contributed by atoms with Crippen LogP contribution in [0, 0.1) is 0 Å². The lowest BCUT2D eigenvalue weighted by Gasteiger charge is -2.31. The fourth-order valence-electron chi connectivity index (χ4n) is 2.31. The monoisotopic (exact) mass is 265 g/mol. The Morgan fingerprint density at radius 1 is 1.56 bits per heavy atom. The number of nitrogens with zero attached hydrogens (tertiary/aromatic N) is 1. The third kappa shape index (κ3) is 2.67. The van der Waals surface area contributed by atoms with Crippen LogP contribution in [0.5, 0.6) is 0 Å². The van der Waals surface area contributed by atoms with Crippen LogP contribution in [0.15, 0.2) is 29.3 Å². The molecule has 1 heterocycles. The summed E-state index contributed by atoms with van der Waals surface area (Å²) in [4.78, 5) is 13.2. The zero-order chi connectivity index (χ0) is 13.1. The Kier molecular flexibility index (Phi) is 3.92. The average molecular weight is 266 g/mol. The topological polar surface area (TPSA) is 40.5 Å². The van der Waals surface area contributed by atoms with Crippen LogP contribution in [0.2, 0.25) is 0 Å². The molecular formula is C14H16ClNO2. The molecule has 2 rings (SSSR count). The summed E-state index contributed by atoms with van der Waals surface area (Å²) in [6, 6.07) is 5.35. The number of carboxylic acids is 1. The minimum absolute atomic E-state index is 0.361. The van der Waals surface area contributed by atoms with E-state index in [1.54, 1.807) is 17.7 Å². The molecule has 1 aromatic carbocycles. The summed E-state index contributed by atoms with van der Waals surface area (Å²) in [5.74, 6) is -0.869. The lowest BCUT2D eigenvalue weighted by molar-refractivity contribution is 0.0697. The smallest absolute Gasteiger partial charge is 0.335 e. The number of hydrogen-bond acceptors (Lipinski definition) is 2. The highest BCUT2D eigenvalue weighted by molar-refractivity contribution is 6.25. The van der Waals surface area contributed by atoms with Gasteiger partial charge in [0.1, 0.15) is 0 Å². The van der Waals surface area contributed by atoms with Gasteiger partial charge in [-0.05, 0) is 49.1 Å². The van der Waals surface area contributed by atoms with Crippen LogP contribution in [0.4, 0.5) is 5.69 Å². The second-order valence-electron chi connectivity index (χ2n) is 4.63. The molecule has 0 fully saturated rings. The molecule has 0 aliphatic carbocycles. The van der Waals surface area contributed by atoms with Crippen LogP contribution < -0.4 is 4.90 Å². The summed E-state index contributed by atoms with van der Waals surface area (Å²) in [5.41, 5.74) is 5.31. The fourth-order valence-corrected chi connectivity index (χ4v) is 2.38. The number of benzene rings is 1. The van der Waals surface area contributed by atoms with Gasteiger partial charge in [-0.1, -0.05) is 11.6 Å². The molecule has 3 nitrogen and oxygen atoms in total. The maximum atomic E-state index is 11.0. The zero-order valence-corrected chi connectivity index (χ0v) is 11.1. The highest BCUT2D eigenvalue weighted by Crippen LogP contribution is 2.28. The Bertz CT molecular complexity index is 497. The van der Waals surface area contributed by atoms with E-state index in [0.717, 1.165) is 42.8 Å². The molecule has 0 amide bonds. The van der Waals surface area contributed by atoms with Crippen molar-refractivity contribution in [2.24, 2.45) is 0 Å². The molecule has 0 unspecified atom stereocenters. The quantitative estimate of drug-likeness (QED) is 0.912. The molecule has 0 radical (unpaired) electrons. The van der Waals surface area contributed by atoms with Gasteiger partial charge in [0.2, 0.25) is 0 Å². The summed E-state index contributed by atoms with van der Waals surface area (Å²) >= 11 is 5.70. The number of hydrogen-bond donors (Lipinski definition) is 1. The van der Waals surface area contributed by atoms with Crippen molar-refractivity contribution in [3.63, 3.8) is 0 Å². The number of anilines is 1. The van der Waals surface area contributed by atoms with Gasteiger partial charge in [-0.25, -0.2) is 4.79 Å². The molecule has 1 aliphatic heterocycles. The van der Waals surface area contributed by atoms with Crippen molar-refractivity contribution in [1.82, 2.24) is 0 Å². The van der Waals surface area contributed by atoms with E-state index >= 15 is 0 Å². The van der Waals surface area contributed by atoms with Gasteiger partial charge in [0.15, 0.2) is 0 Å². The van der Waals surface area contributed by atoms with E-state index < -0.39 is 5.97 Å². The van der Waals surface area contributed by atoms with Gasteiger partial charge in [-0.15, -0.1) is 0 Å². The van der Waals surface area contributed by atoms with Crippen molar-refractivity contribution >= 4 is 23.3 Å². The highest BCUT2D eigenvalue weighted by Gasteiger charge is 2.18. The first-order chi connectivity index (χ1) is 8.61. The minimum atomic E-state index is -0.869. The molecule has 0 saturated carbocycles. The maximum Gasteiger partial charge on any atom is 0.335 e. The number of aromatic carboxylic acids is 1. The SMILES string of the molecule is C/C(=C/Cl)CN1CCCc2cc(C(=O)O)ccc21. The molecule has 0 spiro atoms. The van der Waals surface area contributed by atoms with Gasteiger partial charge in [0.05, 0.1) is 5.56 Å². The van der Waals surface area contributed by atoms with E-state index in [1.165, 1.54) is 0 Å². The standard InChI is InChI=1S/C14H16ClNO2/c1-10(8-15)9-16-6-2-3-11-7-12(14(17)18)4-5-13(11)16/h4-5,7-8H,2-3,6,9H2,1H3,(H,17,18)/b10-8-. The van der Waals surface area contributed by atoms with Crippen molar-refractivity contribution in [2.45, 2.75) is 19.8 Å². The van der Waals surface area contributed by atoms with Crippen LogP contribution in [-0.4, -0.2) is 24.2 Å². The first kappa shape index (κ1) is 13.0. The van der Waals surface area contributed by atoms with E-state index in [0.29, 0.717) is 5.56 Å². The zero-order valence-electron chi connectivity index (χ0n) is 10.3. The van der Waals surface area contributed by atoms with Crippen LogP contribution in [0.3, 0.4) is 0 Å². The molecule has 0 saturated heterocycles. The predicted octanol–water partition coefficient (Wildman–Crippen LogP) is 3.28. The molecule has 1 aromatic rings. The van der Waals surface area contributed by atoms with E-state index in [-0.39, 0.29) is 0 Å². The maximum absolute atomic E-state index is 11.0. The van der Waals surface area contributed by atoms with Crippen LogP contribution in [-0.2, 0) is 6.42 Å². The molecule has 0 aromatic heterocycles. The molecular weight excluding hydrogens is 250 g/mol. The first-order valence-corrected chi connectivity index (χ1v) is 6.42. The Morgan fingerprint density at radius 3 is 3.00 bits per heavy atom. The van der Waals surface area contributed by atoms with E-state index in [2.05, 4.69) is 4.90 Å². The van der Waals surface area contributed by atoms with Gasteiger partial charge in [0, 0.05) is 24.3 Å². The average Bonchev–Trinajstić information content (AvgIpc) is 2.38. The lowest BCUT2D eigenvalue weighted by atomic mass is 9.99. The molecule has 96 valence electrons. The normalized spacial score (nSPS) is 15.4. The van der Waals surface area contributed by atoms with E-state index in [4.69, 9.17) is 16.7 Å². The Balaban J connectivity index is 2.30. The lowest BCUT2D eigenvalue weighted by Crippen LogP contribution is -2.30. The van der Waals surface area contributed by atoms with E-state index in [9.17, 15) is 4.79 Å². The van der Waals surface area contributed by atoms with Gasteiger partial charge in [0.25, 0.3) is 0 Å². The first-order valence-electron chi connectivity index (χ1n) is 5.99. The van der Waals surface area contributed by atoms with Crippen LogP contribution >= 0.6 is 11.6 Å². The summed E-state index contributed by atoms with van der Waals surface area (Å²) in [6.07, 6.45) is 1.99. The summed E-state index contributed by atoms with van der Waals surface area (Å²) in [6.45, 7) is 3.78.